The molecule has 0 aliphatic carbocycles. The molecule has 5 rings (SSSR count). The van der Waals surface area contributed by atoms with Gasteiger partial charge in [0.15, 0.2) is 0 Å². The van der Waals surface area contributed by atoms with Crippen LogP contribution in [0.5, 0.6) is 0 Å². The van der Waals surface area contributed by atoms with E-state index >= 15 is 0 Å². The van der Waals surface area contributed by atoms with Gasteiger partial charge in [-0.3, -0.25) is 10.1 Å². The molecule has 0 saturated heterocycles. The maximum Gasteiger partial charge on any atom is 0.137 e. The van der Waals surface area contributed by atoms with Gasteiger partial charge in [-0.15, -0.1) is 5.10 Å². The predicted molar refractivity (Wildman–Crippen MR) is 118 cm³/mol. The standard InChI is InChI=1S/C22H25N9/c1-22(2,3)14-24-6-15-4-5-21-26-16(11-30(21)10-15)12-31-13-20(28-29-31)17-7-23-9-19-18(17)8-25-27-19/h4-5,7-11,13,24H,6,12,14H2,1-3H3,(H,25,27). The molecule has 0 aliphatic heterocycles. The number of aromatic amines is 1. The van der Waals surface area contributed by atoms with Crippen LogP contribution < -0.4 is 5.32 Å². The molecule has 0 amide bonds. The summed E-state index contributed by atoms with van der Waals surface area (Å²) in [6.07, 6.45) is 11.4. The molecule has 0 spiro atoms. The Morgan fingerprint density at radius 3 is 2.84 bits per heavy atom. The van der Waals surface area contributed by atoms with Gasteiger partial charge in [0.1, 0.15) is 11.3 Å². The summed E-state index contributed by atoms with van der Waals surface area (Å²) in [6, 6.07) is 4.17. The summed E-state index contributed by atoms with van der Waals surface area (Å²) in [5, 5.41) is 20.1. The highest BCUT2D eigenvalue weighted by Gasteiger charge is 2.12. The number of rotatable bonds is 6. The molecule has 2 N–H and O–H groups in total. The van der Waals surface area contributed by atoms with Crippen molar-refractivity contribution in [3.63, 3.8) is 0 Å². The molecular weight excluding hydrogens is 390 g/mol. The van der Waals surface area contributed by atoms with E-state index in [9.17, 15) is 0 Å². The summed E-state index contributed by atoms with van der Waals surface area (Å²) in [6.45, 7) is 9.03. The van der Waals surface area contributed by atoms with Crippen molar-refractivity contribution in [2.75, 3.05) is 6.54 Å². The Kier molecular flexibility index (Phi) is 4.74. The Bertz CT molecular complexity index is 1340. The first kappa shape index (κ1) is 19.4. The lowest BCUT2D eigenvalue weighted by Crippen LogP contribution is -2.26. The Morgan fingerprint density at radius 1 is 1.06 bits per heavy atom. The summed E-state index contributed by atoms with van der Waals surface area (Å²) in [5.41, 5.74) is 5.88. The maximum atomic E-state index is 4.72. The molecule has 0 unspecified atom stereocenters. The van der Waals surface area contributed by atoms with Crippen LogP contribution in [0.15, 0.2) is 49.3 Å². The van der Waals surface area contributed by atoms with Gasteiger partial charge in [0.05, 0.1) is 36.3 Å². The van der Waals surface area contributed by atoms with Crippen molar-refractivity contribution in [2.24, 2.45) is 5.41 Å². The molecule has 0 atom stereocenters. The summed E-state index contributed by atoms with van der Waals surface area (Å²) in [5.74, 6) is 0. The third kappa shape index (κ3) is 4.17. The van der Waals surface area contributed by atoms with E-state index < -0.39 is 0 Å². The molecule has 5 aromatic rings. The first-order valence-electron chi connectivity index (χ1n) is 10.3. The van der Waals surface area contributed by atoms with Gasteiger partial charge < -0.3 is 9.72 Å². The van der Waals surface area contributed by atoms with Crippen LogP contribution in [0.3, 0.4) is 0 Å². The van der Waals surface area contributed by atoms with Crippen molar-refractivity contribution in [3.05, 3.63) is 60.6 Å². The van der Waals surface area contributed by atoms with Gasteiger partial charge in [-0.25, -0.2) is 9.67 Å². The molecule has 5 heterocycles. The van der Waals surface area contributed by atoms with Crippen LogP contribution in [0.25, 0.3) is 27.8 Å². The molecule has 9 nitrogen and oxygen atoms in total. The van der Waals surface area contributed by atoms with Crippen molar-refractivity contribution < 1.29 is 0 Å². The fourth-order valence-corrected chi connectivity index (χ4v) is 3.59. The lowest BCUT2D eigenvalue weighted by Gasteiger charge is -2.18. The van der Waals surface area contributed by atoms with E-state index in [2.05, 4.69) is 74.3 Å². The average molecular weight is 416 g/mol. The van der Waals surface area contributed by atoms with Gasteiger partial charge >= 0.3 is 0 Å². The van der Waals surface area contributed by atoms with Gasteiger partial charge in [-0.05, 0) is 17.0 Å². The minimum atomic E-state index is 0.266. The monoisotopic (exact) mass is 415 g/mol. The van der Waals surface area contributed by atoms with Crippen LogP contribution in [-0.4, -0.2) is 46.1 Å². The molecule has 5 aromatic heterocycles. The van der Waals surface area contributed by atoms with Crippen LogP contribution in [0.4, 0.5) is 0 Å². The first-order chi connectivity index (χ1) is 14.9. The van der Waals surface area contributed by atoms with E-state index in [-0.39, 0.29) is 5.41 Å². The highest BCUT2D eigenvalue weighted by Crippen LogP contribution is 2.24. The Hall–Kier alpha value is -3.59. The van der Waals surface area contributed by atoms with E-state index in [1.54, 1.807) is 23.3 Å². The van der Waals surface area contributed by atoms with Crippen LogP contribution >= 0.6 is 0 Å². The summed E-state index contributed by atoms with van der Waals surface area (Å²) < 4.78 is 3.86. The van der Waals surface area contributed by atoms with Crippen LogP contribution in [-0.2, 0) is 13.1 Å². The molecule has 9 heteroatoms. The van der Waals surface area contributed by atoms with E-state index in [1.165, 1.54) is 5.56 Å². The zero-order valence-electron chi connectivity index (χ0n) is 17.9. The number of pyridine rings is 2. The van der Waals surface area contributed by atoms with Crippen LogP contribution in [0.1, 0.15) is 32.0 Å². The Balaban J connectivity index is 1.32. The molecule has 0 aliphatic rings. The number of nitrogens with zero attached hydrogens (tertiary/aromatic N) is 7. The minimum Gasteiger partial charge on any atom is -0.312 e. The van der Waals surface area contributed by atoms with Crippen LogP contribution in [0, 0.1) is 5.41 Å². The van der Waals surface area contributed by atoms with Gasteiger partial charge in [0.25, 0.3) is 0 Å². The third-order valence-corrected chi connectivity index (χ3v) is 5.05. The van der Waals surface area contributed by atoms with Crippen molar-refractivity contribution >= 4 is 16.6 Å². The number of hydrogen-bond donors (Lipinski definition) is 2. The lowest BCUT2D eigenvalue weighted by atomic mass is 9.97. The van der Waals surface area contributed by atoms with Gasteiger partial charge in [0, 0.05) is 42.6 Å². The van der Waals surface area contributed by atoms with Gasteiger partial charge in [-0.1, -0.05) is 32.1 Å². The molecule has 0 saturated carbocycles. The number of fused-ring (bicyclic) bond motifs is 2. The highest BCUT2D eigenvalue weighted by molar-refractivity contribution is 5.91. The summed E-state index contributed by atoms with van der Waals surface area (Å²) in [7, 11) is 0. The molecule has 158 valence electrons. The number of H-pyrrole nitrogens is 1. The Labute approximate surface area is 179 Å². The molecule has 0 bridgehead atoms. The van der Waals surface area contributed by atoms with E-state index in [4.69, 9.17) is 4.98 Å². The zero-order chi connectivity index (χ0) is 21.4. The van der Waals surface area contributed by atoms with Crippen molar-refractivity contribution in [1.82, 2.24) is 44.9 Å². The van der Waals surface area contributed by atoms with Gasteiger partial charge in [0.2, 0.25) is 0 Å². The van der Waals surface area contributed by atoms with Crippen LogP contribution in [0.2, 0.25) is 0 Å². The molecule has 0 radical (unpaired) electrons. The summed E-state index contributed by atoms with van der Waals surface area (Å²) >= 11 is 0. The predicted octanol–water partition coefficient (Wildman–Crippen LogP) is 3.05. The molecule has 31 heavy (non-hydrogen) atoms. The Morgan fingerprint density at radius 2 is 1.97 bits per heavy atom. The third-order valence-electron chi connectivity index (χ3n) is 5.05. The molecule has 0 aromatic carbocycles. The van der Waals surface area contributed by atoms with Crippen molar-refractivity contribution in [2.45, 2.75) is 33.9 Å². The second kappa shape index (κ2) is 7.59. The molecule has 0 fully saturated rings. The quantitative estimate of drug-likeness (QED) is 0.442. The van der Waals surface area contributed by atoms with E-state index in [1.807, 2.05) is 12.4 Å². The van der Waals surface area contributed by atoms with Gasteiger partial charge in [-0.2, -0.15) is 5.10 Å². The fourth-order valence-electron chi connectivity index (χ4n) is 3.59. The second-order valence-corrected chi connectivity index (χ2v) is 9.02. The smallest absolute Gasteiger partial charge is 0.137 e. The van der Waals surface area contributed by atoms with Crippen molar-refractivity contribution in [1.29, 1.82) is 0 Å². The largest absolute Gasteiger partial charge is 0.312 e. The fraction of sp³-hybridized carbons (Fsp3) is 0.318. The maximum absolute atomic E-state index is 4.72. The first-order valence-corrected chi connectivity index (χ1v) is 10.3. The number of hydrogen-bond acceptors (Lipinski definition) is 6. The molecular formula is C22H25N9. The zero-order valence-corrected chi connectivity index (χ0v) is 17.9. The minimum absolute atomic E-state index is 0.266. The van der Waals surface area contributed by atoms with E-state index in [0.717, 1.165) is 46.6 Å². The second-order valence-electron chi connectivity index (χ2n) is 9.02. The van der Waals surface area contributed by atoms with E-state index in [0.29, 0.717) is 6.54 Å². The number of imidazole rings is 1. The topological polar surface area (TPSA) is 102 Å². The average Bonchev–Trinajstić information content (AvgIpc) is 3.45. The van der Waals surface area contributed by atoms with Crippen molar-refractivity contribution in [3.8, 4) is 11.3 Å². The number of nitrogens with one attached hydrogen (secondary N) is 2. The normalized spacial score (nSPS) is 12.2. The summed E-state index contributed by atoms with van der Waals surface area (Å²) in [4.78, 5) is 8.98. The highest BCUT2D eigenvalue weighted by atomic mass is 15.4. The number of aromatic nitrogens is 8. The lowest BCUT2D eigenvalue weighted by molar-refractivity contribution is 0.379. The SMILES string of the molecule is CC(C)(C)CNCc1ccc2nc(Cn3cc(-c4cncc5[nH]ncc45)nn3)cn2c1.